The highest BCUT2D eigenvalue weighted by molar-refractivity contribution is 6.30. The van der Waals surface area contributed by atoms with Crippen molar-refractivity contribution in [3.05, 3.63) is 34.3 Å². The van der Waals surface area contributed by atoms with Crippen LogP contribution in [0.25, 0.3) is 0 Å². The van der Waals surface area contributed by atoms with Gasteiger partial charge in [0.1, 0.15) is 0 Å². The SMILES string of the molecule is CC1(O)c2cc(Cl)ccc2CC12CCC1(CC2)OCCO1. The summed E-state index contributed by atoms with van der Waals surface area (Å²) in [6.45, 7) is 3.34. The van der Waals surface area contributed by atoms with Gasteiger partial charge < -0.3 is 14.6 Å². The van der Waals surface area contributed by atoms with Gasteiger partial charge in [-0.15, -0.1) is 0 Å². The summed E-state index contributed by atoms with van der Waals surface area (Å²) in [6, 6.07) is 5.91. The number of ether oxygens (including phenoxy) is 2. The van der Waals surface area contributed by atoms with Crippen molar-refractivity contribution in [1.29, 1.82) is 0 Å². The smallest absolute Gasteiger partial charge is 0.168 e. The van der Waals surface area contributed by atoms with Crippen LogP contribution in [0, 0.1) is 5.41 Å². The van der Waals surface area contributed by atoms with Crippen molar-refractivity contribution in [2.45, 2.75) is 50.4 Å². The van der Waals surface area contributed by atoms with Gasteiger partial charge in [-0.1, -0.05) is 17.7 Å². The van der Waals surface area contributed by atoms with Crippen molar-refractivity contribution < 1.29 is 14.6 Å². The maximum absolute atomic E-state index is 11.2. The number of fused-ring (bicyclic) bond motifs is 1. The summed E-state index contributed by atoms with van der Waals surface area (Å²) in [5, 5.41) is 11.9. The van der Waals surface area contributed by atoms with Gasteiger partial charge in [0, 0.05) is 23.3 Å². The normalized spacial score (nSPS) is 32.7. The highest BCUT2D eigenvalue weighted by Gasteiger charge is 2.58. The molecule has 114 valence electrons. The van der Waals surface area contributed by atoms with Crippen molar-refractivity contribution in [2.24, 2.45) is 5.41 Å². The Bertz CT molecular complexity index is 565. The number of hydrogen-bond donors (Lipinski definition) is 1. The zero-order chi connectivity index (χ0) is 14.7. The molecule has 0 radical (unpaired) electrons. The molecule has 1 N–H and O–H groups in total. The predicted molar refractivity (Wildman–Crippen MR) is 80.3 cm³/mol. The average molecular weight is 309 g/mol. The summed E-state index contributed by atoms with van der Waals surface area (Å²) >= 11 is 6.13. The second-order valence-corrected chi connectivity index (χ2v) is 7.37. The standard InChI is InChI=1S/C17H21ClO3/c1-15(19)14-10-13(18)3-2-12(14)11-16(15)4-6-17(7-5-16)20-8-9-21-17/h2-3,10,19H,4-9,11H2,1H3. The Kier molecular flexibility index (Phi) is 2.97. The van der Waals surface area contributed by atoms with Crippen LogP contribution in [-0.4, -0.2) is 24.1 Å². The number of rotatable bonds is 0. The Labute approximate surface area is 130 Å². The summed E-state index contributed by atoms with van der Waals surface area (Å²) in [5.74, 6) is -0.381. The van der Waals surface area contributed by atoms with E-state index in [1.807, 2.05) is 19.1 Å². The van der Waals surface area contributed by atoms with Crippen LogP contribution in [0.15, 0.2) is 18.2 Å². The van der Waals surface area contributed by atoms with Gasteiger partial charge in [0.05, 0.1) is 18.8 Å². The fraction of sp³-hybridized carbons (Fsp3) is 0.647. The van der Waals surface area contributed by atoms with Crippen molar-refractivity contribution in [1.82, 2.24) is 0 Å². The first-order valence-electron chi connectivity index (χ1n) is 7.76. The molecule has 0 amide bonds. The molecule has 1 saturated heterocycles. The molecule has 0 aromatic heterocycles. The van der Waals surface area contributed by atoms with E-state index in [1.54, 1.807) is 0 Å². The second-order valence-electron chi connectivity index (χ2n) is 6.94. The first kappa shape index (κ1) is 14.0. The Hall–Kier alpha value is -0.610. The molecule has 1 aromatic carbocycles. The molecule has 2 aliphatic carbocycles. The summed E-state index contributed by atoms with van der Waals surface area (Å²) in [5.41, 5.74) is 1.29. The Morgan fingerprint density at radius 1 is 1.10 bits per heavy atom. The van der Waals surface area contributed by atoms with Gasteiger partial charge in [-0.2, -0.15) is 0 Å². The van der Waals surface area contributed by atoms with Gasteiger partial charge in [0.25, 0.3) is 0 Å². The van der Waals surface area contributed by atoms with E-state index in [2.05, 4.69) is 6.07 Å². The van der Waals surface area contributed by atoms with Gasteiger partial charge in [0.2, 0.25) is 0 Å². The minimum absolute atomic E-state index is 0.111. The second kappa shape index (κ2) is 4.45. The largest absolute Gasteiger partial charge is 0.385 e. The molecule has 0 bridgehead atoms. The van der Waals surface area contributed by atoms with Crippen LogP contribution in [0.1, 0.15) is 43.7 Å². The predicted octanol–water partition coefficient (Wildman–Crippen LogP) is 3.41. The zero-order valence-corrected chi connectivity index (χ0v) is 13.1. The van der Waals surface area contributed by atoms with Gasteiger partial charge in [-0.3, -0.25) is 0 Å². The molecule has 1 saturated carbocycles. The van der Waals surface area contributed by atoms with E-state index in [0.717, 1.165) is 37.7 Å². The minimum Gasteiger partial charge on any atom is -0.385 e. The lowest BCUT2D eigenvalue weighted by atomic mass is 9.63. The topological polar surface area (TPSA) is 38.7 Å². The monoisotopic (exact) mass is 308 g/mol. The van der Waals surface area contributed by atoms with Gasteiger partial charge in [0.15, 0.2) is 5.79 Å². The molecule has 1 heterocycles. The summed E-state index contributed by atoms with van der Waals surface area (Å²) < 4.78 is 11.6. The molecular weight excluding hydrogens is 288 g/mol. The number of hydrogen-bond acceptors (Lipinski definition) is 3. The minimum atomic E-state index is -0.826. The van der Waals surface area contributed by atoms with Crippen molar-refractivity contribution >= 4 is 11.6 Å². The molecule has 1 unspecified atom stereocenters. The maximum atomic E-state index is 11.2. The van der Waals surface area contributed by atoms with Crippen LogP contribution in [0.5, 0.6) is 0 Å². The van der Waals surface area contributed by atoms with E-state index >= 15 is 0 Å². The molecular formula is C17H21ClO3. The molecule has 2 fully saturated rings. The molecule has 1 aromatic rings. The highest BCUT2D eigenvalue weighted by Crippen LogP contribution is 2.59. The lowest BCUT2D eigenvalue weighted by Crippen LogP contribution is -2.48. The average Bonchev–Trinajstić information content (AvgIpc) is 2.99. The van der Waals surface area contributed by atoms with Crippen LogP contribution in [0.4, 0.5) is 0 Å². The molecule has 4 heteroatoms. The van der Waals surface area contributed by atoms with Crippen LogP contribution in [0.3, 0.4) is 0 Å². The molecule has 1 atom stereocenters. The third kappa shape index (κ3) is 1.91. The van der Waals surface area contributed by atoms with E-state index in [9.17, 15) is 5.11 Å². The zero-order valence-electron chi connectivity index (χ0n) is 12.3. The fourth-order valence-corrected chi connectivity index (χ4v) is 4.71. The van der Waals surface area contributed by atoms with E-state index in [1.165, 1.54) is 5.56 Å². The van der Waals surface area contributed by atoms with Crippen LogP contribution in [0.2, 0.25) is 5.02 Å². The van der Waals surface area contributed by atoms with Gasteiger partial charge >= 0.3 is 0 Å². The highest BCUT2D eigenvalue weighted by atomic mass is 35.5. The molecule has 3 aliphatic rings. The maximum Gasteiger partial charge on any atom is 0.168 e. The molecule has 21 heavy (non-hydrogen) atoms. The molecule has 2 spiro atoms. The first-order chi connectivity index (χ1) is 9.97. The van der Waals surface area contributed by atoms with Crippen LogP contribution >= 0.6 is 11.6 Å². The lowest BCUT2D eigenvalue weighted by molar-refractivity contribution is -0.211. The van der Waals surface area contributed by atoms with E-state index in [4.69, 9.17) is 21.1 Å². The Morgan fingerprint density at radius 2 is 1.76 bits per heavy atom. The van der Waals surface area contributed by atoms with Crippen molar-refractivity contribution in [3.8, 4) is 0 Å². The quantitative estimate of drug-likeness (QED) is 0.798. The molecule has 4 rings (SSSR count). The third-order valence-electron chi connectivity index (χ3n) is 5.94. The van der Waals surface area contributed by atoms with Gasteiger partial charge in [-0.05, 0) is 49.4 Å². The number of benzene rings is 1. The fourth-order valence-electron chi connectivity index (χ4n) is 4.54. The molecule has 3 nitrogen and oxygen atoms in total. The van der Waals surface area contributed by atoms with E-state index in [0.29, 0.717) is 18.2 Å². The van der Waals surface area contributed by atoms with Gasteiger partial charge in [-0.25, -0.2) is 0 Å². The summed E-state index contributed by atoms with van der Waals surface area (Å²) in [4.78, 5) is 0. The number of halogens is 1. The van der Waals surface area contributed by atoms with Crippen LogP contribution < -0.4 is 0 Å². The van der Waals surface area contributed by atoms with Crippen molar-refractivity contribution in [2.75, 3.05) is 13.2 Å². The van der Waals surface area contributed by atoms with E-state index < -0.39 is 5.60 Å². The summed E-state index contributed by atoms with van der Waals surface area (Å²) in [6.07, 6.45) is 4.50. The summed E-state index contributed by atoms with van der Waals surface area (Å²) in [7, 11) is 0. The Balaban J connectivity index is 1.65. The number of aliphatic hydroxyl groups is 1. The van der Waals surface area contributed by atoms with Crippen molar-refractivity contribution in [3.63, 3.8) is 0 Å². The first-order valence-corrected chi connectivity index (χ1v) is 8.14. The Morgan fingerprint density at radius 3 is 2.43 bits per heavy atom. The third-order valence-corrected chi connectivity index (χ3v) is 6.18. The molecule has 1 aliphatic heterocycles. The van der Waals surface area contributed by atoms with E-state index in [-0.39, 0.29) is 11.2 Å². The van der Waals surface area contributed by atoms with Crippen LogP contribution in [-0.2, 0) is 21.5 Å². The lowest BCUT2D eigenvalue weighted by Gasteiger charge is -2.47.